The topological polar surface area (TPSA) is 95.5 Å². The number of benzene rings is 4. The highest BCUT2D eigenvalue weighted by Crippen LogP contribution is 2.40. The van der Waals surface area contributed by atoms with E-state index in [9.17, 15) is 29.0 Å². The maximum absolute atomic E-state index is 14.1. The summed E-state index contributed by atoms with van der Waals surface area (Å²) in [5.74, 6) is -1.64. The summed E-state index contributed by atoms with van der Waals surface area (Å²) in [5, 5.41) is 23.3. The Kier molecular flexibility index (Phi) is 5.77. The molecule has 0 saturated carbocycles. The van der Waals surface area contributed by atoms with Gasteiger partial charge in [-0.1, -0.05) is 48.5 Å². The molecule has 7 nitrogen and oxygen atoms in total. The van der Waals surface area contributed by atoms with Crippen LogP contribution in [0.3, 0.4) is 0 Å². The van der Waals surface area contributed by atoms with Gasteiger partial charge < -0.3 is 4.74 Å². The van der Waals surface area contributed by atoms with E-state index in [1.54, 1.807) is 12.1 Å². The zero-order valence-electron chi connectivity index (χ0n) is 16.8. The number of nitro groups is 2. The molecular formula is C24H14F2N2O5. The van der Waals surface area contributed by atoms with Gasteiger partial charge in [0.2, 0.25) is 11.5 Å². The minimum atomic E-state index is -0.723. The summed E-state index contributed by atoms with van der Waals surface area (Å²) < 4.78 is 33.7. The van der Waals surface area contributed by atoms with Crippen LogP contribution in [-0.4, -0.2) is 9.85 Å². The third kappa shape index (κ3) is 4.38. The van der Waals surface area contributed by atoms with Gasteiger partial charge in [0.25, 0.3) is 0 Å². The first kappa shape index (κ1) is 21.6. The molecule has 0 aliphatic rings. The molecule has 4 aromatic carbocycles. The van der Waals surface area contributed by atoms with Crippen molar-refractivity contribution in [3.8, 4) is 33.8 Å². The Morgan fingerprint density at radius 1 is 0.606 bits per heavy atom. The van der Waals surface area contributed by atoms with Gasteiger partial charge >= 0.3 is 11.4 Å². The predicted octanol–water partition coefficient (Wildman–Crippen LogP) is 6.91. The Balaban J connectivity index is 1.75. The lowest BCUT2D eigenvalue weighted by Crippen LogP contribution is -1.98. The third-order valence-corrected chi connectivity index (χ3v) is 4.90. The molecule has 0 fully saturated rings. The van der Waals surface area contributed by atoms with Crippen molar-refractivity contribution in [3.63, 3.8) is 0 Å². The van der Waals surface area contributed by atoms with Gasteiger partial charge in [0.1, 0.15) is 11.6 Å². The van der Waals surface area contributed by atoms with Crippen LogP contribution in [0, 0.1) is 31.9 Å². The van der Waals surface area contributed by atoms with E-state index < -0.39 is 32.9 Å². The first-order chi connectivity index (χ1) is 15.8. The molecule has 0 unspecified atom stereocenters. The van der Waals surface area contributed by atoms with E-state index in [2.05, 4.69) is 0 Å². The van der Waals surface area contributed by atoms with E-state index >= 15 is 0 Å². The van der Waals surface area contributed by atoms with E-state index in [4.69, 9.17) is 4.74 Å². The fourth-order valence-electron chi connectivity index (χ4n) is 3.34. The minimum Gasteiger partial charge on any atom is -0.443 e. The maximum Gasteiger partial charge on any atom is 0.312 e. The van der Waals surface area contributed by atoms with Gasteiger partial charge in [-0.05, 0) is 35.4 Å². The maximum atomic E-state index is 14.1. The van der Waals surface area contributed by atoms with Crippen LogP contribution in [0.5, 0.6) is 11.5 Å². The third-order valence-electron chi connectivity index (χ3n) is 4.90. The first-order valence-electron chi connectivity index (χ1n) is 9.59. The molecule has 0 aromatic heterocycles. The molecule has 0 bridgehead atoms. The fraction of sp³-hybridized carbons (Fsp3) is 0. The second-order valence-corrected chi connectivity index (χ2v) is 6.94. The molecule has 4 aromatic rings. The standard InChI is InChI=1S/C24H14F2N2O5/c25-19-7-3-1-5-17(19)15-9-11-23(21(13-15)27(29)30)33-24-12-10-16(14-22(24)28(31)32)18-6-2-4-8-20(18)26/h1-14H. The highest BCUT2D eigenvalue weighted by Gasteiger charge is 2.23. The van der Waals surface area contributed by atoms with Gasteiger partial charge in [0.15, 0.2) is 0 Å². The fourth-order valence-corrected chi connectivity index (χ4v) is 3.34. The first-order valence-corrected chi connectivity index (χ1v) is 9.59. The summed E-state index contributed by atoms with van der Waals surface area (Å²) in [6, 6.07) is 19.2. The molecule has 0 aliphatic heterocycles. The monoisotopic (exact) mass is 448 g/mol. The van der Waals surface area contributed by atoms with E-state index in [1.165, 1.54) is 60.7 Å². The molecule has 0 aliphatic carbocycles. The minimum absolute atomic E-state index is 0.160. The van der Waals surface area contributed by atoms with E-state index in [0.717, 1.165) is 12.1 Å². The summed E-state index contributed by atoms with van der Waals surface area (Å²) in [6.07, 6.45) is 0. The summed E-state index contributed by atoms with van der Waals surface area (Å²) in [5.41, 5.74) is -0.181. The molecule has 0 amide bonds. The van der Waals surface area contributed by atoms with E-state index in [1.807, 2.05) is 0 Å². The molecule has 164 valence electrons. The van der Waals surface area contributed by atoms with Crippen molar-refractivity contribution in [2.45, 2.75) is 0 Å². The summed E-state index contributed by atoms with van der Waals surface area (Å²) >= 11 is 0. The van der Waals surface area contributed by atoms with Crippen LogP contribution < -0.4 is 4.74 Å². The Morgan fingerprint density at radius 2 is 1.00 bits per heavy atom. The molecular weight excluding hydrogens is 434 g/mol. The Hall–Kier alpha value is -4.66. The van der Waals surface area contributed by atoms with Crippen molar-refractivity contribution in [3.05, 3.63) is 117 Å². The SMILES string of the molecule is O=[N+]([O-])c1cc(-c2ccccc2F)ccc1Oc1ccc(-c2ccccc2F)cc1[N+](=O)[O-]. The van der Waals surface area contributed by atoms with Crippen LogP contribution in [-0.2, 0) is 0 Å². The Labute approximate surface area is 185 Å². The number of hydrogen-bond donors (Lipinski definition) is 0. The lowest BCUT2D eigenvalue weighted by atomic mass is 10.0. The van der Waals surface area contributed by atoms with Crippen molar-refractivity contribution in [1.82, 2.24) is 0 Å². The van der Waals surface area contributed by atoms with E-state index in [-0.39, 0.29) is 33.8 Å². The van der Waals surface area contributed by atoms with Crippen molar-refractivity contribution in [2.75, 3.05) is 0 Å². The van der Waals surface area contributed by atoms with Gasteiger partial charge in [0, 0.05) is 23.3 Å². The lowest BCUT2D eigenvalue weighted by Gasteiger charge is -2.10. The summed E-state index contributed by atoms with van der Waals surface area (Å²) in [6.45, 7) is 0. The molecule has 0 saturated heterocycles. The molecule has 0 spiro atoms. The van der Waals surface area contributed by atoms with Crippen LogP contribution >= 0.6 is 0 Å². The molecule has 0 atom stereocenters. The van der Waals surface area contributed by atoms with Gasteiger partial charge in [-0.2, -0.15) is 0 Å². The number of hydrogen-bond acceptors (Lipinski definition) is 5. The number of nitrogens with zero attached hydrogens (tertiary/aromatic N) is 2. The average molecular weight is 448 g/mol. The molecule has 4 rings (SSSR count). The average Bonchev–Trinajstić information content (AvgIpc) is 2.80. The van der Waals surface area contributed by atoms with Crippen molar-refractivity contribution in [2.24, 2.45) is 0 Å². The quantitative estimate of drug-likeness (QED) is 0.236. The second kappa shape index (κ2) is 8.83. The molecule has 0 heterocycles. The highest BCUT2D eigenvalue weighted by molar-refractivity contribution is 5.72. The smallest absolute Gasteiger partial charge is 0.312 e. The second-order valence-electron chi connectivity index (χ2n) is 6.94. The Morgan fingerprint density at radius 3 is 1.36 bits per heavy atom. The van der Waals surface area contributed by atoms with Crippen LogP contribution in [0.25, 0.3) is 22.3 Å². The van der Waals surface area contributed by atoms with Crippen LogP contribution in [0.1, 0.15) is 0 Å². The number of nitro benzene ring substituents is 2. The number of halogens is 2. The van der Waals surface area contributed by atoms with E-state index in [0.29, 0.717) is 0 Å². The largest absolute Gasteiger partial charge is 0.443 e. The van der Waals surface area contributed by atoms with Crippen molar-refractivity contribution in [1.29, 1.82) is 0 Å². The number of rotatable bonds is 6. The summed E-state index contributed by atoms with van der Waals surface area (Å²) in [4.78, 5) is 21.8. The zero-order valence-corrected chi connectivity index (χ0v) is 16.8. The molecule has 0 radical (unpaired) electrons. The lowest BCUT2D eigenvalue weighted by molar-refractivity contribution is -0.387. The highest BCUT2D eigenvalue weighted by atomic mass is 19.1. The molecule has 9 heteroatoms. The van der Waals surface area contributed by atoms with Crippen LogP contribution in [0.2, 0.25) is 0 Å². The van der Waals surface area contributed by atoms with Gasteiger partial charge in [0.05, 0.1) is 9.85 Å². The van der Waals surface area contributed by atoms with Crippen LogP contribution in [0.4, 0.5) is 20.2 Å². The van der Waals surface area contributed by atoms with Crippen LogP contribution in [0.15, 0.2) is 84.9 Å². The van der Waals surface area contributed by atoms with Crippen molar-refractivity contribution < 1.29 is 23.4 Å². The predicted molar refractivity (Wildman–Crippen MR) is 117 cm³/mol. The molecule has 0 N–H and O–H groups in total. The summed E-state index contributed by atoms with van der Waals surface area (Å²) in [7, 11) is 0. The normalized spacial score (nSPS) is 10.6. The molecule has 33 heavy (non-hydrogen) atoms. The van der Waals surface area contributed by atoms with Gasteiger partial charge in [-0.3, -0.25) is 20.2 Å². The number of ether oxygens (including phenoxy) is 1. The van der Waals surface area contributed by atoms with Gasteiger partial charge in [-0.25, -0.2) is 8.78 Å². The van der Waals surface area contributed by atoms with Crippen molar-refractivity contribution >= 4 is 11.4 Å². The van der Waals surface area contributed by atoms with Gasteiger partial charge in [-0.15, -0.1) is 0 Å². The Bertz CT molecular complexity index is 1290. The zero-order chi connectivity index (χ0) is 23.5.